The minimum atomic E-state index is -0.189. The number of nitrogens with zero attached hydrogens (tertiary/aromatic N) is 2. The van der Waals surface area contributed by atoms with Gasteiger partial charge in [0.2, 0.25) is 0 Å². The number of anilines is 1. The first-order chi connectivity index (χ1) is 5.57. The molecule has 7 heteroatoms. The number of aromatic nitrogens is 1. The van der Waals surface area contributed by atoms with Gasteiger partial charge in [0.15, 0.2) is 16.0 Å². The average molecular weight is 226 g/mol. The van der Waals surface area contributed by atoms with Crippen molar-refractivity contribution in [2.75, 3.05) is 5.73 Å². The van der Waals surface area contributed by atoms with Crippen LogP contribution >= 0.6 is 34.8 Å². The van der Waals surface area contributed by atoms with Gasteiger partial charge in [0.1, 0.15) is 5.02 Å². The summed E-state index contributed by atoms with van der Waals surface area (Å²) < 4.78 is 0. The minimum absolute atomic E-state index is 0.0179. The lowest BCUT2D eigenvalue weighted by Crippen LogP contribution is -1.91. The molecule has 1 aromatic rings. The second kappa shape index (κ2) is 3.43. The fraction of sp³-hybridized carbons (Fsp3) is 0. The van der Waals surface area contributed by atoms with Crippen LogP contribution in [0.15, 0.2) is 5.18 Å². The van der Waals surface area contributed by atoms with Crippen molar-refractivity contribution in [1.82, 2.24) is 4.98 Å². The quantitative estimate of drug-likeness (QED) is 0.591. The zero-order valence-corrected chi connectivity index (χ0v) is 7.78. The van der Waals surface area contributed by atoms with Gasteiger partial charge < -0.3 is 5.73 Å². The zero-order valence-electron chi connectivity index (χ0n) is 5.51. The van der Waals surface area contributed by atoms with Crippen LogP contribution in [0.5, 0.6) is 0 Å². The van der Waals surface area contributed by atoms with Crippen molar-refractivity contribution in [2.24, 2.45) is 5.18 Å². The van der Waals surface area contributed by atoms with Crippen molar-refractivity contribution < 1.29 is 0 Å². The molecule has 0 aliphatic rings. The lowest BCUT2D eigenvalue weighted by molar-refractivity contribution is 1.30. The first-order valence-electron chi connectivity index (χ1n) is 2.71. The maximum absolute atomic E-state index is 10.2. The minimum Gasteiger partial charge on any atom is -0.395 e. The molecule has 0 bridgehead atoms. The zero-order chi connectivity index (χ0) is 9.30. The molecule has 0 radical (unpaired) electrons. The number of hydrogen-bond donors (Lipinski definition) is 1. The molecule has 0 aromatic carbocycles. The van der Waals surface area contributed by atoms with Crippen LogP contribution in [0.4, 0.5) is 11.4 Å². The second-order valence-electron chi connectivity index (χ2n) is 1.86. The molecule has 0 saturated heterocycles. The molecule has 64 valence electrons. The summed E-state index contributed by atoms with van der Waals surface area (Å²) in [6, 6.07) is 0. The van der Waals surface area contributed by atoms with Crippen molar-refractivity contribution in [3.05, 3.63) is 20.2 Å². The number of hydrogen-bond acceptors (Lipinski definition) is 4. The lowest BCUT2D eigenvalue weighted by Gasteiger charge is -2.02. The van der Waals surface area contributed by atoms with Crippen LogP contribution in [0.25, 0.3) is 0 Å². The molecule has 0 aliphatic carbocycles. The number of pyridine rings is 1. The Morgan fingerprint density at radius 2 is 1.83 bits per heavy atom. The third-order valence-electron chi connectivity index (χ3n) is 1.16. The molecule has 4 nitrogen and oxygen atoms in total. The van der Waals surface area contributed by atoms with E-state index in [1.165, 1.54) is 0 Å². The summed E-state index contributed by atoms with van der Waals surface area (Å²) in [6.07, 6.45) is 0. The van der Waals surface area contributed by atoms with Gasteiger partial charge in [-0.3, -0.25) is 0 Å². The standard InChI is InChI=1S/C5H2Cl3N3O/c6-1-2(9)3(11-12)5(8)10-4(1)7/h(H2,9,10). The van der Waals surface area contributed by atoms with Crippen LogP contribution < -0.4 is 5.73 Å². The van der Waals surface area contributed by atoms with E-state index >= 15 is 0 Å². The predicted octanol–water partition coefficient (Wildman–Crippen LogP) is 3.02. The van der Waals surface area contributed by atoms with Crippen LogP contribution in [0.3, 0.4) is 0 Å². The van der Waals surface area contributed by atoms with E-state index in [1.54, 1.807) is 0 Å². The third kappa shape index (κ3) is 1.46. The normalized spacial score (nSPS) is 9.92. The molecule has 1 heterocycles. The van der Waals surface area contributed by atoms with Gasteiger partial charge in [-0.05, 0) is 5.18 Å². The molecule has 0 saturated carbocycles. The van der Waals surface area contributed by atoms with E-state index in [2.05, 4.69) is 10.2 Å². The molecule has 0 unspecified atom stereocenters. The Labute approximate surface area is 82.6 Å². The van der Waals surface area contributed by atoms with Crippen LogP contribution in [0.1, 0.15) is 0 Å². The molecule has 1 rings (SSSR count). The highest BCUT2D eigenvalue weighted by atomic mass is 35.5. The van der Waals surface area contributed by atoms with Gasteiger partial charge in [0.05, 0.1) is 5.69 Å². The van der Waals surface area contributed by atoms with Crippen LogP contribution in [0.2, 0.25) is 15.3 Å². The van der Waals surface area contributed by atoms with E-state index in [0.717, 1.165) is 0 Å². The second-order valence-corrected chi connectivity index (χ2v) is 2.95. The first-order valence-corrected chi connectivity index (χ1v) is 3.84. The Kier molecular flexibility index (Phi) is 2.72. The molecule has 2 N–H and O–H groups in total. The Morgan fingerprint density at radius 1 is 1.25 bits per heavy atom. The number of nitrogens with two attached hydrogens (primary N) is 1. The first kappa shape index (κ1) is 9.51. The van der Waals surface area contributed by atoms with E-state index in [9.17, 15) is 4.91 Å². The molecule has 0 aliphatic heterocycles. The van der Waals surface area contributed by atoms with Crippen LogP contribution in [0, 0.1) is 4.91 Å². The van der Waals surface area contributed by atoms with E-state index in [4.69, 9.17) is 40.5 Å². The van der Waals surface area contributed by atoms with Crippen molar-refractivity contribution >= 4 is 46.2 Å². The van der Waals surface area contributed by atoms with Gasteiger partial charge in [-0.15, -0.1) is 4.91 Å². The van der Waals surface area contributed by atoms with Gasteiger partial charge in [0.25, 0.3) is 0 Å². The highest BCUT2D eigenvalue weighted by Crippen LogP contribution is 2.38. The molecular formula is C5H2Cl3N3O. The summed E-state index contributed by atoms with van der Waals surface area (Å²) in [4.78, 5) is 13.7. The lowest BCUT2D eigenvalue weighted by atomic mass is 10.3. The average Bonchev–Trinajstić information content (AvgIpc) is 2.01. The van der Waals surface area contributed by atoms with Gasteiger partial charge in [-0.1, -0.05) is 34.8 Å². The Hall–Kier alpha value is -0.580. The summed E-state index contributed by atoms with van der Waals surface area (Å²) >= 11 is 16.5. The Bertz CT molecular complexity index is 341. The van der Waals surface area contributed by atoms with Crippen LogP contribution in [-0.4, -0.2) is 4.98 Å². The Balaban J connectivity index is 3.51. The molecule has 1 aromatic heterocycles. The van der Waals surface area contributed by atoms with Crippen molar-refractivity contribution in [3.8, 4) is 0 Å². The molecular weight excluding hydrogens is 224 g/mol. The van der Waals surface area contributed by atoms with E-state index < -0.39 is 0 Å². The molecule has 0 amide bonds. The summed E-state index contributed by atoms with van der Waals surface area (Å²) in [5, 5.41) is 2.34. The van der Waals surface area contributed by atoms with Crippen molar-refractivity contribution in [2.45, 2.75) is 0 Å². The summed E-state index contributed by atoms with van der Waals surface area (Å²) in [6.45, 7) is 0. The topological polar surface area (TPSA) is 68.3 Å². The highest BCUT2D eigenvalue weighted by molar-refractivity contribution is 6.44. The van der Waals surface area contributed by atoms with Gasteiger partial charge in [-0.2, -0.15) is 0 Å². The van der Waals surface area contributed by atoms with Gasteiger partial charge >= 0.3 is 0 Å². The third-order valence-corrected chi connectivity index (χ3v) is 2.17. The molecule has 0 spiro atoms. The number of nitrogen functional groups attached to an aromatic ring is 1. The van der Waals surface area contributed by atoms with Crippen LogP contribution in [-0.2, 0) is 0 Å². The fourth-order valence-corrected chi connectivity index (χ4v) is 1.18. The number of nitroso groups, excluding NO2 is 1. The van der Waals surface area contributed by atoms with Crippen molar-refractivity contribution in [1.29, 1.82) is 0 Å². The predicted molar refractivity (Wildman–Crippen MR) is 49.1 cm³/mol. The van der Waals surface area contributed by atoms with E-state index in [1.807, 2.05) is 0 Å². The largest absolute Gasteiger partial charge is 0.395 e. The van der Waals surface area contributed by atoms with Crippen molar-refractivity contribution in [3.63, 3.8) is 0 Å². The van der Waals surface area contributed by atoms with E-state index in [-0.39, 0.29) is 26.7 Å². The molecule has 12 heavy (non-hydrogen) atoms. The summed E-state index contributed by atoms with van der Waals surface area (Å²) in [7, 11) is 0. The van der Waals surface area contributed by atoms with Gasteiger partial charge in [-0.25, -0.2) is 4.98 Å². The maximum Gasteiger partial charge on any atom is 0.169 e. The molecule has 0 atom stereocenters. The molecule has 0 fully saturated rings. The number of rotatable bonds is 1. The maximum atomic E-state index is 10.2. The fourth-order valence-electron chi connectivity index (χ4n) is 0.601. The highest BCUT2D eigenvalue weighted by Gasteiger charge is 2.14. The Morgan fingerprint density at radius 3 is 2.33 bits per heavy atom. The monoisotopic (exact) mass is 225 g/mol. The number of halogens is 3. The summed E-state index contributed by atoms with van der Waals surface area (Å²) in [5.74, 6) is 0. The summed E-state index contributed by atoms with van der Waals surface area (Å²) in [5.41, 5.74) is 5.11. The SMILES string of the molecule is Nc1c(Cl)c(Cl)nc(Cl)c1N=O. The van der Waals surface area contributed by atoms with Gasteiger partial charge in [0, 0.05) is 0 Å². The smallest absolute Gasteiger partial charge is 0.169 e. The van der Waals surface area contributed by atoms with E-state index in [0.29, 0.717) is 0 Å².